The lowest BCUT2D eigenvalue weighted by Crippen LogP contribution is -2.60. The number of carboxylic acids is 1. The maximum Gasteiger partial charge on any atom is 0.326 e. The Morgan fingerprint density at radius 1 is 0.697 bits per heavy atom. The molecule has 76 heavy (non-hydrogen) atoms. The average molecular weight is 1060 g/mol. The number of guanidine groups is 2. The van der Waals surface area contributed by atoms with E-state index < -0.39 is 95.7 Å². The SMILES string of the molecule is CC[C@H](C)[C@H](N)C(=O)N[C@@H](C)C(=O)N[C@@H](CCCN=C(N)N)C(=O)N[C@@H](CCCN=C(N)N)C(=O)N[C@@H](Cc1cnc[nH]1)C(=O)N1CCC[C@H]1C(=O)N[C@@H](Cc1ccc(O)cc1)C(=O)N[C@@H](Cc1ccccc1)C(=O)O. The number of carboxylic acid groups (broad SMARTS) is 1. The molecule has 1 aromatic heterocycles. The van der Waals surface area contributed by atoms with Gasteiger partial charge in [-0.25, -0.2) is 9.78 Å². The van der Waals surface area contributed by atoms with Crippen LogP contribution in [-0.2, 0) is 57.6 Å². The van der Waals surface area contributed by atoms with Crippen LogP contribution in [0.25, 0.3) is 0 Å². The van der Waals surface area contributed by atoms with Gasteiger partial charge in [-0.1, -0.05) is 62.7 Å². The molecule has 414 valence electrons. The summed E-state index contributed by atoms with van der Waals surface area (Å²) in [5.41, 5.74) is 29.8. The van der Waals surface area contributed by atoms with Crippen LogP contribution < -0.4 is 60.6 Å². The van der Waals surface area contributed by atoms with Gasteiger partial charge in [-0.3, -0.25) is 43.5 Å². The fourth-order valence-corrected chi connectivity index (χ4v) is 8.26. The first-order chi connectivity index (χ1) is 36.2. The van der Waals surface area contributed by atoms with Crippen molar-refractivity contribution in [2.45, 2.75) is 133 Å². The van der Waals surface area contributed by atoms with E-state index in [9.17, 15) is 48.6 Å². The Kier molecular flexibility index (Phi) is 23.9. The second-order valence-electron chi connectivity index (χ2n) is 18.7. The van der Waals surface area contributed by atoms with Gasteiger partial charge in [-0.15, -0.1) is 0 Å². The Labute approximate surface area is 440 Å². The van der Waals surface area contributed by atoms with E-state index in [4.69, 9.17) is 28.7 Å². The number of aromatic hydroxyl groups is 1. The molecular weight excluding hydrogens is 985 g/mol. The molecule has 26 heteroatoms. The largest absolute Gasteiger partial charge is 0.508 e. The van der Waals surface area contributed by atoms with Crippen molar-refractivity contribution in [3.8, 4) is 5.75 Å². The summed E-state index contributed by atoms with van der Waals surface area (Å²) in [6.45, 7) is 5.29. The summed E-state index contributed by atoms with van der Waals surface area (Å²) in [5.74, 6) is -7.07. The molecule has 0 bridgehead atoms. The summed E-state index contributed by atoms with van der Waals surface area (Å²) < 4.78 is 0. The third-order valence-electron chi connectivity index (χ3n) is 12.8. The summed E-state index contributed by atoms with van der Waals surface area (Å²) in [4.78, 5) is 127. The molecule has 4 rings (SSSR count). The number of carbonyl (C=O) groups is 8. The van der Waals surface area contributed by atoms with E-state index in [2.05, 4.69) is 51.9 Å². The van der Waals surface area contributed by atoms with Crippen LogP contribution >= 0.6 is 0 Å². The molecule has 1 aliphatic heterocycles. The molecule has 0 spiro atoms. The number of hydrogen-bond acceptors (Lipinski definition) is 13. The molecule has 2 heterocycles. The monoisotopic (exact) mass is 1060 g/mol. The lowest BCUT2D eigenvalue weighted by molar-refractivity contribution is -0.143. The van der Waals surface area contributed by atoms with Crippen molar-refractivity contribution in [3.05, 3.63) is 83.9 Å². The van der Waals surface area contributed by atoms with Crippen LogP contribution in [-0.4, -0.2) is 152 Å². The van der Waals surface area contributed by atoms with E-state index in [1.807, 2.05) is 6.92 Å². The maximum absolute atomic E-state index is 14.8. The highest BCUT2D eigenvalue weighted by molar-refractivity contribution is 5.98. The van der Waals surface area contributed by atoms with Crippen LogP contribution in [0.5, 0.6) is 5.75 Å². The maximum atomic E-state index is 14.8. The number of hydrogen-bond donors (Lipinski definition) is 14. The molecule has 7 amide bonds. The topological polar surface area (TPSA) is 436 Å². The van der Waals surface area contributed by atoms with Gasteiger partial charge in [0.1, 0.15) is 48.0 Å². The molecule has 0 radical (unpaired) electrons. The number of amides is 7. The van der Waals surface area contributed by atoms with Crippen molar-refractivity contribution in [1.29, 1.82) is 0 Å². The molecule has 3 aromatic rings. The van der Waals surface area contributed by atoms with Crippen molar-refractivity contribution in [2.75, 3.05) is 19.6 Å². The fourth-order valence-electron chi connectivity index (χ4n) is 8.26. The zero-order valence-corrected chi connectivity index (χ0v) is 43.1. The van der Waals surface area contributed by atoms with Gasteiger partial charge in [0.15, 0.2) is 11.9 Å². The molecule has 9 atom stereocenters. The zero-order chi connectivity index (χ0) is 55.9. The van der Waals surface area contributed by atoms with Gasteiger partial charge in [0.05, 0.1) is 12.4 Å². The van der Waals surface area contributed by atoms with Crippen LogP contribution in [0.1, 0.15) is 82.5 Å². The molecule has 1 saturated heterocycles. The first-order valence-corrected chi connectivity index (χ1v) is 25.2. The van der Waals surface area contributed by atoms with Crippen LogP contribution in [0, 0.1) is 5.92 Å². The highest BCUT2D eigenvalue weighted by Crippen LogP contribution is 2.21. The Hall–Kier alpha value is -8.29. The first kappa shape index (κ1) is 60.3. The molecular formula is C50H74N16O10. The standard InChI is InChI=1S/C50H74N16O10/c1-4-28(2)40(51)46(73)60-29(3)41(68)61-34(13-8-20-57-49(52)53)42(69)62-35(14-9-21-58-50(54)55)43(70)64-37(25-32-26-56-27-59-32)47(74)66-22-10-15-39(66)45(72)63-36(23-31-16-18-33(67)19-17-31)44(71)65-38(48(75)76)24-30-11-6-5-7-12-30/h5-7,11-12,16-19,26-29,34-40,67H,4,8-10,13-15,20-25,51H2,1-3H3,(H,56,59)(H,60,73)(H,61,68)(H,62,69)(H,63,72)(H,64,70)(H,65,71)(H,75,76)(H4,52,53,57)(H4,54,55,58)/t28-,29-,34-,35-,36-,37-,38-,39-,40-/m0/s1. The lowest BCUT2D eigenvalue weighted by Gasteiger charge is -2.31. The molecule has 26 nitrogen and oxygen atoms in total. The number of phenols is 1. The van der Waals surface area contributed by atoms with Crippen molar-refractivity contribution < 1.29 is 48.6 Å². The number of nitrogens with two attached hydrogens (primary N) is 5. The van der Waals surface area contributed by atoms with Crippen LogP contribution in [0.2, 0.25) is 0 Å². The predicted molar refractivity (Wildman–Crippen MR) is 281 cm³/mol. The van der Waals surface area contributed by atoms with E-state index in [0.29, 0.717) is 29.7 Å². The number of aromatic amines is 1. The second-order valence-corrected chi connectivity index (χ2v) is 18.7. The van der Waals surface area contributed by atoms with Crippen molar-refractivity contribution in [3.63, 3.8) is 0 Å². The molecule has 0 aliphatic carbocycles. The first-order valence-electron chi connectivity index (χ1n) is 25.2. The fraction of sp³-hybridized carbons (Fsp3) is 0.500. The van der Waals surface area contributed by atoms with E-state index in [1.165, 1.54) is 36.5 Å². The molecule has 2 aromatic carbocycles. The van der Waals surface area contributed by atoms with Gasteiger partial charge in [0.2, 0.25) is 41.4 Å². The Bertz CT molecular complexity index is 2470. The summed E-state index contributed by atoms with van der Waals surface area (Å²) >= 11 is 0. The van der Waals surface area contributed by atoms with Gasteiger partial charge in [-0.05, 0) is 74.6 Å². The van der Waals surface area contributed by atoms with E-state index in [0.717, 1.165) is 0 Å². The molecule has 1 aliphatic rings. The molecule has 0 unspecified atom stereocenters. The highest BCUT2D eigenvalue weighted by atomic mass is 16.4. The number of phenolic OH excluding ortho intramolecular Hbond substituents is 1. The number of aromatic nitrogens is 2. The van der Waals surface area contributed by atoms with Gasteiger partial charge >= 0.3 is 5.97 Å². The number of nitrogens with zero attached hydrogens (tertiary/aromatic N) is 4. The van der Waals surface area contributed by atoms with Gasteiger partial charge < -0.3 is 80.7 Å². The van der Waals surface area contributed by atoms with Crippen LogP contribution in [0.15, 0.2) is 77.1 Å². The number of imidazole rings is 1. The normalized spacial score (nSPS) is 16.2. The average Bonchev–Trinajstić information content (AvgIpc) is 4.11. The minimum Gasteiger partial charge on any atom is -0.508 e. The van der Waals surface area contributed by atoms with E-state index in [-0.39, 0.29) is 94.6 Å². The number of carbonyl (C=O) groups excluding carboxylic acids is 7. The quantitative estimate of drug-likeness (QED) is 0.0188. The summed E-state index contributed by atoms with van der Waals surface area (Å²) in [7, 11) is 0. The number of nitrogens with one attached hydrogen (secondary N) is 7. The smallest absolute Gasteiger partial charge is 0.326 e. The zero-order valence-electron chi connectivity index (χ0n) is 43.1. The molecule has 1 fully saturated rings. The number of aliphatic carboxylic acids is 1. The molecule has 0 saturated carbocycles. The Morgan fingerprint density at radius 3 is 1.79 bits per heavy atom. The third kappa shape index (κ3) is 19.5. The predicted octanol–water partition coefficient (Wildman–Crippen LogP) is -2.37. The number of likely N-dealkylation sites (tertiary alicyclic amines) is 1. The lowest BCUT2D eigenvalue weighted by atomic mass is 9.99. The Morgan fingerprint density at radius 2 is 1.24 bits per heavy atom. The van der Waals surface area contributed by atoms with E-state index in [1.54, 1.807) is 49.4 Å². The minimum atomic E-state index is -1.37. The summed E-state index contributed by atoms with van der Waals surface area (Å²) in [5, 5.41) is 36.0. The van der Waals surface area contributed by atoms with Gasteiger partial charge in [0, 0.05) is 50.8 Å². The van der Waals surface area contributed by atoms with Crippen molar-refractivity contribution in [1.82, 2.24) is 46.8 Å². The summed E-state index contributed by atoms with van der Waals surface area (Å²) in [6.07, 6.45) is 3.90. The van der Waals surface area contributed by atoms with Crippen LogP contribution in [0.3, 0.4) is 0 Å². The third-order valence-corrected chi connectivity index (χ3v) is 12.8. The highest BCUT2D eigenvalue weighted by Gasteiger charge is 2.40. The Balaban J connectivity index is 1.60. The van der Waals surface area contributed by atoms with Gasteiger partial charge in [0.25, 0.3) is 0 Å². The minimum absolute atomic E-state index is 0.0195. The van der Waals surface area contributed by atoms with Gasteiger partial charge in [-0.2, -0.15) is 0 Å². The molecule has 19 N–H and O–H groups in total. The number of rotatable bonds is 30. The van der Waals surface area contributed by atoms with Crippen molar-refractivity contribution in [2.24, 2.45) is 44.6 Å². The van der Waals surface area contributed by atoms with E-state index >= 15 is 0 Å². The number of benzene rings is 2. The summed E-state index contributed by atoms with van der Waals surface area (Å²) in [6, 6.07) is 4.65. The van der Waals surface area contributed by atoms with Crippen molar-refractivity contribution >= 4 is 59.2 Å². The second kappa shape index (κ2) is 30.2. The number of aliphatic imine (C=N–C) groups is 2. The number of H-pyrrole nitrogens is 1. The van der Waals surface area contributed by atoms with Crippen LogP contribution in [0.4, 0.5) is 0 Å².